The second-order valence-electron chi connectivity index (χ2n) is 35.4. The van der Waals surface area contributed by atoms with Gasteiger partial charge in [0.25, 0.3) is 0 Å². The van der Waals surface area contributed by atoms with Crippen LogP contribution in [0.15, 0.2) is 413 Å². The Kier molecular flexibility index (Phi) is 37.9. The quantitative estimate of drug-likeness (QED) is 0.0264. The van der Waals surface area contributed by atoms with E-state index in [1.165, 1.54) is 182 Å². The molecule has 0 N–H and O–H groups in total. The van der Waals surface area contributed by atoms with Crippen LogP contribution < -0.4 is 42.4 Å². The summed E-state index contributed by atoms with van der Waals surface area (Å²) in [6, 6.07) is 148. The fourth-order valence-corrected chi connectivity index (χ4v) is 30.3. The number of benzene rings is 16. The monoisotopic (exact) mass is 2510 g/mol. The van der Waals surface area contributed by atoms with Crippen molar-refractivity contribution in [3.05, 3.63) is 505 Å². The van der Waals surface area contributed by atoms with E-state index in [-0.39, 0.29) is 111 Å². The maximum absolute atomic E-state index is 7.43. The van der Waals surface area contributed by atoms with Gasteiger partial charge in [0.1, 0.15) is 0 Å². The first-order chi connectivity index (χ1) is 62.4. The van der Waals surface area contributed by atoms with E-state index in [1.807, 2.05) is 36.4 Å². The van der Waals surface area contributed by atoms with Gasteiger partial charge < -0.3 is 25.7 Å². The first kappa shape index (κ1) is 103. The van der Waals surface area contributed by atoms with Crippen molar-refractivity contribution < 1.29 is 89.5 Å². The smallest absolute Gasteiger partial charge is 0.366 e. The first-order valence-corrected chi connectivity index (χ1v) is 51.8. The molecule has 0 aromatic heterocycles. The van der Waals surface area contributed by atoms with Crippen molar-refractivity contribution in [2.24, 2.45) is 0 Å². The van der Waals surface area contributed by atoms with Crippen LogP contribution in [0.2, 0.25) is 0 Å². The summed E-state index contributed by atoms with van der Waals surface area (Å²) >= 11 is 0. The predicted octanol–water partition coefficient (Wildman–Crippen LogP) is 26.7. The fourth-order valence-electron chi connectivity index (χ4n) is 19.4. The van der Waals surface area contributed by atoms with Crippen molar-refractivity contribution in [2.45, 2.75) is 103 Å². The first-order valence-electron chi connectivity index (χ1n) is 45.0. The van der Waals surface area contributed by atoms with Gasteiger partial charge >= 0.3 is 89.5 Å². The molecular weight excluding hydrogens is 2400 g/mol. The van der Waals surface area contributed by atoms with Gasteiger partial charge in [-0.2, -0.15) is 0 Å². The van der Waals surface area contributed by atoms with Crippen molar-refractivity contribution >= 4 is 74.1 Å². The van der Waals surface area contributed by atoms with Crippen LogP contribution in [-0.4, -0.2) is 24.6 Å². The molecule has 0 radical (unpaired) electrons. The van der Waals surface area contributed by atoms with E-state index in [9.17, 15) is 0 Å². The Bertz CT molecular complexity index is 6010. The third-order valence-corrected chi connectivity index (χ3v) is 37.8. The Balaban J connectivity index is 0.000000155. The second-order valence-corrected chi connectivity index (χ2v) is 45.9. The fraction of sp³-hybridized carbons (Fsp3) is 0.161. The van der Waals surface area contributed by atoms with Gasteiger partial charge in [0, 0.05) is 21.7 Å². The van der Waals surface area contributed by atoms with Gasteiger partial charge in [-0.1, -0.05) is 346 Å². The number of rotatable bonds is 18. The number of hydrogen-bond donors (Lipinski definition) is 0. The molecule has 8 heteroatoms. The molecule has 0 nitrogen and oxygen atoms in total. The molecule has 16 aromatic rings. The molecule has 0 spiro atoms. The summed E-state index contributed by atoms with van der Waals surface area (Å²) in [6.07, 6.45) is 39.8. The number of unbranched alkanes of at least 4 members (excludes halogenated alkanes) is 2. The van der Waals surface area contributed by atoms with Crippen molar-refractivity contribution in [1.29, 1.82) is 0 Å². The van der Waals surface area contributed by atoms with Crippen LogP contribution in [0, 0.1) is 49.4 Å². The topological polar surface area (TPSA) is 0 Å². The Morgan fingerprint density at radius 2 is 0.402 bits per heavy atom. The summed E-state index contributed by atoms with van der Waals surface area (Å²) in [5.41, 5.74) is 24.3. The van der Waals surface area contributed by atoms with Crippen LogP contribution in [0.1, 0.15) is 148 Å². The summed E-state index contributed by atoms with van der Waals surface area (Å²) in [5.74, 6) is 10.0. The molecule has 0 saturated heterocycles. The normalized spacial score (nSPS) is 12.7. The van der Waals surface area contributed by atoms with Gasteiger partial charge in [-0.15, -0.1) is 58.7 Å². The molecule has 0 saturated carbocycles. The number of hydrogen-bond acceptors (Lipinski definition) is 0. The molecule has 668 valence electrons. The zero-order chi connectivity index (χ0) is 89.0. The van der Waals surface area contributed by atoms with Crippen molar-refractivity contribution in [2.75, 3.05) is 24.6 Å². The molecular formula is C124H112Au4P4+4. The summed E-state index contributed by atoms with van der Waals surface area (Å²) in [5, 5.41) is 12.3. The van der Waals surface area contributed by atoms with Gasteiger partial charge in [0.05, 0.1) is 98.8 Å². The molecule has 0 heterocycles. The maximum Gasteiger partial charge on any atom is 1.00 e. The van der Waals surface area contributed by atoms with Gasteiger partial charge in [-0.3, -0.25) is 23.7 Å². The van der Waals surface area contributed by atoms with E-state index in [0.29, 0.717) is 0 Å². The molecule has 0 amide bonds. The summed E-state index contributed by atoms with van der Waals surface area (Å²) in [7, 11) is -2.86. The summed E-state index contributed by atoms with van der Waals surface area (Å²) in [6.45, 7) is 18.0. The molecule has 4 aliphatic rings. The minimum absolute atomic E-state index is 0. The van der Waals surface area contributed by atoms with E-state index < -0.39 is 31.7 Å². The molecule has 0 bridgehead atoms. The van der Waals surface area contributed by atoms with Gasteiger partial charge in [0.15, 0.2) is 0 Å². The van der Waals surface area contributed by atoms with Crippen molar-refractivity contribution in [1.82, 2.24) is 0 Å². The third kappa shape index (κ3) is 23.5. The Labute approximate surface area is 855 Å². The largest absolute Gasteiger partial charge is 1.00 e. The van der Waals surface area contributed by atoms with Gasteiger partial charge in [0.2, 0.25) is 0 Å². The van der Waals surface area contributed by atoms with E-state index >= 15 is 0 Å². The van der Waals surface area contributed by atoms with Gasteiger partial charge in [-0.05, 0) is 201 Å². The Morgan fingerprint density at radius 3 is 0.689 bits per heavy atom. The average molecular weight is 2510 g/mol. The minimum Gasteiger partial charge on any atom is -0.366 e. The molecule has 132 heavy (non-hydrogen) atoms. The second kappa shape index (κ2) is 48.6. The molecule has 0 fully saturated rings. The maximum atomic E-state index is 7.43. The van der Waals surface area contributed by atoms with Crippen molar-refractivity contribution in [3.8, 4) is 68.2 Å². The molecule has 0 unspecified atom stereocenters. The van der Waals surface area contributed by atoms with E-state index in [0.717, 1.165) is 22.3 Å². The predicted molar refractivity (Wildman–Crippen MR) is 561 cm³/mol. The van der Waals surface area contributed by atoms with Crippen molar-refractivity contribution in [3.63, 3.8) is 0 Å². The Morgan fingerprint density at radius 1 is 0.189 bits per heavy atom. The third-order valence-electron chi connectivity index (χ3n) is 26.1. The summed E-state index contributed by atoms with van der Waals surface area (Å²) in [4.78, 5) is 0. The van der Waals surface area contributed by atoms with Crippen LogP contribution in [0.4, 0.5) is 0 Å². The van der Waals surface area contributed by atoms with E-state index in [2.05, 4.69) is 455 Å². The van der Waals surface area contributed by atoms with Crippen LogP contribution in [0.25, 0.3) is 44.5 Å². The van der Waals surface area contributed by atoms with Crippen LogP contribution in [-0.2, 0) is 111 Å². The van der Waals surface area contributed by atoms with E-state index in [4.69, 9.17) is 25.7 Å². The molecule has 0 atom stereocenters. The SMILES string of the molecule is [Au+].[Au+].[Au+].[Au+].[C-]#Cc1ccc2c(c1)-c1ccccc1C2(C)C.[C-]#Cc1ccc2c(c1)C(C)(C)c1ccccc1-2.[C-]#Cc1cccc2c1-c1ccccc1C2(C)C.[C-]#Cc1cccc2c1-c1ccccc1C2(C)C.c1ccc([PH+](CCCC[PH+](c2ccccc2)c2ccccc2)c2ccccc2)cc1.c1ccc([PH+](CCCC[PH+](c2ccccc2)c2ccccc2)c2ccccc2)cc1. The minimum atomic E-state index is -0.714. The van der Waals surface area contributed by atoms with Crippen LogP contribution >= 0.6 is 31.7 Å². The van der Waals surface area contributed by atoms with Crippen LogP contribution in [0.5, 0.6) is 0 Å². The summed E-state index contributed by atoms with van der Waals surface area (Å²) < 4.78 is 0. The Hall–Kier alpha value is -9.56. The number of fused-ring (bicyclic) bond motifs is 12. The molecule has 20 rings (SSSR count). The van der Waals surface area contributed by atoms with Gasteiger partial charge in [-0.25, -0.2) is 0 Å². The molecule has 4 aliphatic carbocycles. The zero-order valence-electron chi connectivity index (χ0n) is 76.1. The van der Waals surface area contributed by atoms with Crippen LogP contribution in [0.3, 0.4) is 0 Å². The zero-order valence-corrected chi connectivity index (χ0v) is 88.8. The standard InChI is InChI=1S/2C28H28P2.4C17H13.4Au/c2*1-5-15-25(16-6-1)29(26-17-7-2-8-18-26)23-13-14-24-30(27-19-9-3-10-20-27)28-21-11-4-12-22-28;2*1-4-12-8-7-11-15-16(12)13-9-5-6-10-14(13)17(15,2)3;1-4-12-9-10-16-14(11-12)13-7-5-6-8-15(13)17(16,2)3;1-4-12-9-10-14-13-7-5-6-8-15(13)17(2,3)16(14)11-12;;;;/h2*1-12,15-22H,13-14,23-24H2;4*5-11H,2-3H3;;;;/q;;4*-1;4*+1/p+4. The average Bonchev–Trinajstić information content (AvgIpc) is 2.48. The van der Waals surface area contributed by atoms with E-state index in [1.54, 1.807) is 0 Å². The molecule has 16 aromatic carbocycles. The molecule has 0 aliphatic heterocycles.